The van der Waals surface area contributed by atoms with Gasteiger partial charge in [0, 0.05) is 19.3 Å². The van der Waals surface area contributed by atoms with Gasteiger partial charge in [0.15, 0.2) is 0 Å². The highest BCUT2D eigenvalue weighted by molar-refractivity contribution is 6.03. The zero-order valence-corrected chi connectivity index (χ0v) is 15.5. The fourth-order valence-corrected chi connectivity index (χ4v) is 3.29. The van der Waals surface area contributed by atoms with E-state index in [0.29, 0.717) is 12.8 Å². The highest BCUT2D eigenvalue weighted by Gasteiger charge is 2.32. The molecule has 2 aromatic rings. The molecule has 1 N–H and O–H groups in total. The minimum absolute atomic E-state index is 0.00923. The third-order valence-electron chi connectivity index (χ3n) is 4.83. The predicted molar refractivity (Wildman–Crippen MR) is 104 cm³/mol. The summed E-state index contributed by atoms with van der Waals surface area (Å²) in [5.74, 6) is -1.02. The molecule has 1 amide bonds. The molecular formula is C22H24N2O3. The van der Waals surface area contributed by atoms with E-state index in [-0.39, 0.29) is 24.8 Å². The van der Waals surface area contributed by atoms with E-state index in [0.717, 1.165) is 23.3 Å². The Labute approximate surface area is 159 Å². The summed E-state index contributed by atoms with van der Waals surface area (Å²) in [4.78, 5) is 23.5. The normalized spacial score (nSPS) is 16.3. The number of aryl methyl sites for hydroxylation is 1. The molecule has 0 unspecified atom stereocenters. The molecule has 1 heterocycles. The van der Waals surface area contributed by atoms with Crippen LogP contribution in [-0.2, 0) is 16.0 Å². The summed E-state index contributed by atoms with van der Waals surface area (Å²) in [6, 6.07) is 18.0. The highest BCUT2D eigenvalue weighted by atomic mass is 16.4. The number of hydrazone groups is 1. The summed E-state index contributed by atoms with van der Waals surface area (Å²) in [6.45, 7) is 2.11. The van der Waals surface area contributed by atoms with Crippen molar-refractivity contribution in [2.45, 2.75) is 45.1 Å². The van der Waals surface area contributed by atoms with Crippen molar-refractivity contribution in [2.75, 3.05) is 0 Å². The van der Waals surface area contributed by atoms with Crippen molar-refractivity contribution in [3.8, 4) is 0 Å². The molecular weight excluding hydrogens is 340 g/mol. The fourth-order valence-electron chi connectivity index (χ4n) is 3.29. The SMILES string of the molecule is CCc1ccc([C@@H]2CC(c3ccccc3)=NN2C(=O)CCCC(=O)O)cc1. The van der Waals surface area contributed by atoms with E-state index in [1.165, 1.54) is 5.56 Å². The van der Waals surface area contributed by atoms with Crippen LogP contribution in [0.2, 0.25) is 0 Å². The zero-order chi connectivity index (χ0) is 19.2. The number of rotatable bonds is 7. The summed E-state index contributed by atoms with van der Waals surface area (Å²) in [5, 5.41) is 15.0. The third-order valence-corrected chi connectivity index (χ3v) is 4.83. The van der Waals surface area contributed by atoms with Gasteiger partial charge in [0.1, 0.15) is 0 Å². The van der Waals surface area contributed by atoms with Gasteiger partial charge in [0.2, 0.25) is 5.91 Å². The van der Waals surface area contributed by atoms with Crippen LogP contribution in [0.1, 0.15) is 55.3 Å². The highest BCUT2D eigenvalue weighted by Crippen LogP contribution is 2.33. The maximum Gasteiger partial charge on any atom is 0.303 e. The molecule has 2 aromatic carbocycles. The fraction of sp³-hybridized carbons (Fsp3) is 0.318. The molecule has 0 aromatic heterocycles. The molecule has 0 saturated carbocycles. The Morgan fingerprint density at radius 2 is 1.78 bits per heavy atom. The van der Waals surface area contributed by atoms with Gasteiger partial charge >= 0.3 is 5.97 Å². The van der Waals surface area contributed by atoms with Crippen LogP contribution >= 0.6 is 0 Å². The maximum atomic E-state index is 12.7. The number of carboxylic acid groups (broad SMARTS) is 1. The quantitative estimate of drug-likeness (QED) is 0.801. The summed E-state index contributed by atoms with van der Waals surface area (Å²) >= 11 is 0. The Bertz CT molecular complexity index is 828. The topological polar surface area (TPSA) is 70.0 Å². The van der Waals surface area contributed by atoms with Crippen molar-refractivity contribution in [3.63, 3.8) is 0 Å². The van der Waals surface area contributed by atoms with Crippen LogP contribution in [0.15, 0.2) is 59.7 Å². The molecule has 0 bridgehead atoms. The lowest BCUT2D eigenvalue weighted by Crippen LogP contribution is -2.27. The first-order chi connectivity index (χ1) is 13.1. The lowest BCUT2D eigenvalue weighted by molar-refractivity contribution is -0.137. The van der Waals surface area contributed by atoms with E-state index in [4.69, 9.17) is 5.11 Å². The number of aliphatic carboxylic acids is 1. The smallest absolute Gasteiger partial charge is 0.303 e. The van der Waals surface area contributed by atoms with Crippen LogP contribution in [0.5, 0.6) is 0 Å². The lowest BCUT2D eigenvalue weighted by atomic mass is 9.97. The van der Waals surface area contributed by atoms with Crippen molar-refractivity contribution < 1.29 is 14.7 Å². The number of carbonyl (C=O) groups is 2. The van der Waals surface area contributed by atoms with Crippen LogP contribution in [0.4, 0.5) is 0 Å². The molecule has 1 aliphatic rings. The van der Waals surface area contributed by atoms with Gasteiger partial charge in [-0.3, -0.25) is 9.59 Å². The van der Waals surface area contributed by atoms with E-state index in [1.807, 2.05) is 30.3 Å². The van der Waals surface area contributed by atoms with E-state index >= 15 is 0 Å². The number of carbonyl (C=O) groups excluding carboxylic acids is 1. The number of amides is 1. The maximum absolute atomic E-state index is 12.7. The average Bonchev–Trinajstić information content (AvgIpc) is 3.14. The van der Waals surface area contributed by atoms with E-state index in [9.17, 15) is 9.59 Å². The largest absolute Gasteiger partial charge is 0.481 e. The number of benzene rings is 2. The number of hydrogen-bond acceptors (Lipinski definition) is 3. The first-order valence-electron chi connectivity index (χ1n) is 9.34. The van der Waals surface area contributed by atoms with Gasteiger partial charge in [-0.1, -0.05) is 61.5 Å². The molecule has 0 aliphatic carbocycles. The second-order valence-corrected chi connectivity index (χ2v) is 6.71. The molecule has 0 fully saturated rings. The van der Waals surface area contributed by atoms with Crippen molar-refractivity contribution >= 4 is 17.6 Å². The first kappa shape index (κ1) is 18.8. The molecule has 140 valence electrons. The van der Waals surface area contributed by atoms with Crippen molar-refractivity contribution in [3.05, 3.63) is 71.3 Å². The number of carboxylic acids is 1. The minimum Gasteiger partial charge on any atom is -0.481 e. The Balaban J connectivity index is 1.83. The zero-order valence-electron chi connectivity index (χ0n) is 15.5. The minimum atomic E-state index is -0.885. The average molecular weight is 364 g/mol. The van der Waals surface area contributed by atoms with Gasteiger partial charge in [-0.05, 0) is 29.5 Å². The first-order valence-corrected chi connectivity index (χ1v) is 9.34. The van der Waals surface area contributed by atoms with E-state index in [2.05, 4.69) is 36.3 Å². The molecule has 5 nitrogen and oxygen atoms in total. The lowest BCUT2D eigenvalue weighted by Gasteiger charge is -2.22. The van der Waals surface area contributed by atoms with Gasteiger partial charge in [-0.15, -0.1) is 0 Å². The van der Waals surface area contributed by atoms with Gasteiger partial charge in [0.05, 0.1) is 11.8 Å². The second-order valence-electron chi connectivity index (χ2n) is 6.71. The summed E-state index contributed by atoms with van der Waals surface area (Å²) in [5.41, 5.74) is 4.19. The Kier molecular flexibility index (Phi) is 6.01. The van der Waals surface area contributed by atoms with Gasteiger partial charge in [0.25, 0.3) is 0 Å². The molecule has 1 atom stereocenters. The Morgan fingerprint density at radius 3 is 2.41 bits per heavy atom. The van der Waals surface area contributed by atoms with Gasteiger partial charge < -0.3 is 5.11 Å². The van der Waals surface area contributed by atoms with Crippen LogP contribution in [0.3, 0.4) is 0 Å². The van der Waals surface area contributed by atoms with Gasteiger partial charge in [-0.25, -0.2) is 5.01 Å². The third kappa shape index (κ3) is 4.61. The second kappa shape index (κ2) is 8.62. The van der Waals surface area contributed by atoms with Crippen LogP contribution in [0, 0.1) is 0 Å². The molecule has 0 saturated heterocycles. The van der Waals surface area contributed by atoms with Crippen LogP contribution in [0.25, 0.3) is 0 Å². The summed E-state index contributed by atoms with van der Waals surface area (Å²) in [6.07, 6.45) is 2.11. The predicted octanol–water partition coefficient (Wildman–Crippen LogP) is 4.18. The van der Waals surface area contributed by atoms with Crippen molar-refractivity contribution in [1.29, 1.82) is 0 Å². The standard InChI is InChI=1S/C22H24N2O3/c1-2-16-11-13-18(14-12-16)20-15-19(17-7-4-3-5-8-17)23-24(20)21(25)9-6-10-22(26)27/h3-5,7-8,11-14,20H,2,6,9-10,15H2,1H3,(H,26,27)/t20-/m0/s1. The van der Waals surface area contributed by atoms with Crippen molar-refractivity contribution in [1.82, 2.24) is 5.01 Å². The molecule has 0 spiro atoms. The molecule has 0 radical (unpaired) electrons. The molecule has 3 rings (SSSR count). The Morgan fingerprint density at radius 1 is 1.07 bits per heavy atom. The summed E-state index contributed by atoms with van der Waals surface area (Å²) < 4.78 is 0. The van der Waals surface area contributed by atoms with Crippen molar-refractivity contribution in [2.24, 2.45) is 5.10 Å². The molecule has 1 aliphatic heterocycles. The summed E-state index contributed by atoms with van der Waals surface area (Å²) in [7, 11) is 0. The van der Waals surface area contributed by atoms with Crippen LogP contribution < -0.4 is 0 Å². The van der Waals surface area contributed by atoms with E-state index in [1.54, 1.807) is 5.01 Å². The van der Waals surface area contributed by atoms with E-state index < -0.39 is 5.97 Å². The monoisotopic (exact) mass is 364 g/mol. The van der Waals surface area contributed by atoms with Gasteiger partial charge in [-0.2, -0.15) is 5.10 Å². The number of nitrogens with zero attached hydrogens (tertiary/aromatic N) is 2. The Hall–Kier alpha value is -2.95. The molecule has 5 heteroatoms. The molecule has 27 heavy (non-hydrogen) atoms. The van der Waals surface area contributed by atoms with Crippen LogP contribution in [-0.4, -0.2) is 27.7 Å². The number of hydrogen-bond donors (Lipinski definition) is 1.